The second-order valence-electron chi connectivity index (χ2n) is 4.64. The maximum Gasteiger partial charge on any atom is 0.0576 e. The van der Waals surface area contributed by atoms with Gasteiger partial charge in [-0.25, -0.2) is 0 Å². The largest absolute Gasteiger partial charge is 0.411 e. The Labute approximate surface area is 107 Å². The van der Waals surface area contributed by atoms with E-state index in [0.29, 0.717) is 6.04 Å². The lowest BCUT2D eigenvalue weighted by Crippen LogP contribution is -2.39. The summed E-state index contributed by atoms with van der Waals surface area (Å²) in [6.07, 6.45) is 3.74. The Morgan fingerprint density at radius 3 is 2.61 bits per heavy atom. The van der Waals surface area contributed by atoms with Crippen LogP contribution in [0.1, 0.15) is 12.8 Å². The fourth-order valence-corrected chi connectivity index (χ4v) is 2.23. The average Bonchev–Trinajstić information content (AvgIpc) is 2.41. The van der Waals surface area contributed by atoms with Crippen molar-refractivity contribution in [1.29, 1.82) is 0 Å². The van der Waals surface area contributed by atoms with Gasteiger partial charge in [-0.05, 0) is 37.1 Å². The molecule has 18 heavy (non-hydrogen) atoms. The van der Waals surface area contributed by atoms with Gasteiger partial charge >= 0.3 is 0 Å². The molecule has 0 unspecified atom stereocenters. The number of hydrogen-bond acceptors (Lipinski definition) is 5. The lowest BCUT2D eigenvalue weighted by molar-refractivity contribution is 0.244. The van der Waals surface area contributed by atoms with Gasteiger partial charge < -0.3 is 16.3 Å². The van der Waals surface area contributed by atoms with E-state index in [4.69, 9.17) is 10.9 Å². The molecule has 0 bridgehead atoms. The Morgan fingerprint density at radius 2 is 2.00 bits per heavy atom. The average molecular weight is 248 g/mol. The minimum Gasteiger partial charge on any atom is -0.411 e. The molecule has 2 rings (SSSR count). The highest BCUT2D eigenvalue weighted by atomic mass is 16.4. The van der Waals surface area contributed by atoms with E-state index in [1.807, 2.05) is 24.3 Å². The number of nitrogen functional groups attached to an aromatic ring is 1. The van der Waals surface area contributed by atoms with E-state index >= 15 is 0 Å². The molecule has 98 valence electrons. The first-order valence-electron chi connectivity index (χ1n) is 6.28. The maximum absolute atomic E-state index is 8.39. The molecular weight excluding hydrogens is 228 g/mol. The third-order valence-electron chi connectivity index (χ3n) is 3.29. The molecule has 1 heterocycles. The Morgan fingerprint density at radius 1 is 1.33 bits per heavy atom. The number of nitrogens with one attached hydrogen (secondary N) is 1. The molecule has 0 radical (unpaired) electrons. The van der Waals surface area contributed by atoms with Crippen LogP contribution in [0.3, 0.4) is 0 Å². The van der Waals surface area contributed by atoms with Gasteiger partial charge in [0.25, 0.3) is 0 Å². The van der Waals surface area contributed by atoms with Crippen molar-refractivity contribution in [3.63, 3.8) is 0 Å². The van der Waals surface area contributed by atoms with E-state index in [0.717, 1.165) is 43.9 Å². The van der Waals surface area contributed by atoms with Gasteiger partial charge in [0.2, 0.25) is 0 Å². The maximum atomic E-state index is 8.39. The number of anilines is 2. The first kappa shape index (κ1) is 12.7. The molecule has 1 aromatic carbocycles. The number of hydrogen-bond donors (Lipinski definition) is 3. The smallest absolute Gasteiger partial charge is 0.0576 e. The van der Waals surface area contributed by atoms with Gasteiger partial charge in [-0.15, -0.1) is 5.16 Å². The molecular formula is C13H20N4O. The summed E-state index contributed by atoms with van der Waals surface area (Å²) in [4.78, 5) is 2.28. The van der Waals surface area contributed by atoms with Crippen LogP contribution in [0.25, 0.3) is 0 Å². The van der Waals surface area contributed by atoms with Gasteiger partial charge in [-0.2, -0.15) is 0 Å². The summed E-state index contributed by atoms with van der Waals surface area (Å²) in [6, 6.07) is 8.36. The summed E-state index contributed by atoms with van der Waals surface area (Å²) in [5, 5.41) is 14.9. The minimum absolute atomic E-state index is 0.510. The van der Waals surface area contributed by atoms with Crippen LogP contribution in [-0.2, 0) is 0 Å². The fraction of sp³-hybridized carbons (Fsp3) is 0.462. The number of rotatable bonds is 4. The zero-order valence-corrected chi connectivity index (χ0v) is 10.4. The van der Waals surface area contributed by atoms with Crippen LogP contribution in [0.15, 0.2) is 29.4 Å². The number of likely N-dealkylation sites (tertiary alicyclic amines) is 1. The predicted octanol–water partition coefficient (Wildman–Crippen LogP) is 1.61. The molecule has 1 saturated heterocycles. The number of nitrogens with two attached hydrogens (primary N) is 1. The fourth-order valence-electron chi connectivity index (χ4n) is 2.23. The molecule has 0 amide bonds. The summed E-state index contributed by atoms with van der Waals surface area (Å²) in [6.45, 7) is 2.78. The molecule has 0 spiro atoms. The van der Waals surface area contributed by atoms with Crippen LogP contribution in [-0.4, -0.2) is 42.0 Å². The standard InChI is InChI=1S/C13H20N4O/c14-11-1-3-12(4-2-11)16-13-5-8-17(9-6-13)10-7-15-18/h1-4,7,13,16,18H,5-6,8-10,14H2. The van der Waals surface area contributed by atoms with Crippen LogP contribution in [0, 0.1) is 0 Å². The van der Waals surface area contributed by atoms with Gasteiger partial charge in [0.05, 0.1) is 6.21 Å². The molecule has 4 N–H and O–H groups in total. The van der Waals surface area contributed by atoms with Crippen molar-refractivity contribution in [2.45, 2.75) is 18.9 Å². The van der Waals surface area contributed by atoms with Gasteiger partial charge in [0.1, 0.15) is 0 Å². The lowest BCUT2D eigenvalue weighted by Gasteiger charge is -2.31. The molecule has 1 aliphatic rings. The van der Waals surface area contributed by atoms with Gasteiger partial charge in [-0.1, -0.05) is 0 Å². The second-order valence-corrected chi connectivity index (χ2v) is 4.64. The molecule has 5 heteroatoms. The van der Waals surface area contributed by atoms with Crippen LogP contribution < -0.4 is 11.1 Å². The third kappa shape index (κ3) is 3.63. The van der Waals surface area contributed by atoms with Crippen LogP contribution in [0.2, 0.25) is 0 Å². The first-order valence-corrected chi connectivity index (χ1v) is 6.28. The third-order valence-corrected chi connectivity index (χ3v) is 3.29. The highest BCUT2D eigenvalue weighted by Crippen LogP contribution is 2.17. The van der Waals surface area contributed by atoms with Crippen LogP contribution in [0.5, 0.6) is 0 Å². The molecule has 1 fully saturated rings. The molecule has 1 aliphatic heterocycles. The van der Waals surface area contributed by atoms with Crippen LogP contribution >= 0.6 is 0 Å². The number of piperidine rings is 1. The number of oxime groups is 1. The Kier molecular flexibility index (Phi) is 4.41. The van der Waals surface area contributed by atoms with E-state index < -0.39 is 0 Å². The molecule has 0 atom stereocenters. The molecule has 0 saturated carbocycles. The highest BCUT2D eigenvalue weighted by molar-refractivity contribution is 5.58. The Hall–Kier alpha value is -1.75. The quantitative estimate of drug-likeness (QED) is 0.327. The van der Waals surface area contributed by atoms with E-state index in [-0.39, 0.29) is 0 Å². The van der Waals surface area contributed by atoms with E-state index in [2.05, 4.69) is 15.4 Å². The van der Waals surface area contributed by atoms with Crippen LogP contribution in [0.4, 0.5) is 11.4 Å². The van der Waals surface area contributed by atoms with Gasteiger partial charge in [0, 0.05) is 37.1 Å². The van der Waals surface area contributed by atoms with E-state index in [9.17, 15) is 0 Å². The van der Waals surface area contributed by atoms with E-state index in [1.165, 1.54) is 6.21 Å². The summed E-state index contributed by atoms with van der Waals surface area (Å²) in [7, 11) is 0. The van der Waals surface area contributed by atoms with Crippen molar-refractivity contribution in [3.8, 4) is 0 Å². The normalized spacial score (nSPS) is 18.2. The van der Waals surface area contributed by atoms with Crippen molar-refractivity contribution >= 4 is 17.6 Å². The lowest BCUT2D eigenvalue weighted by atomic mass is 10.0. The summed E-state index contributed by atoms with van der Waals surface area (Å²) >= 11 is 0. The van der Waals surface area contributed by atoms with E-state index in [1.54, 1.807) is 0 Å². The number of nitrogens with zero attached hydrogens (tertiary/aromatic N) is 2. The van der Waals surface area contributed by atoms with Gasteiger partial charge in [-0.3, -0.25) is 4.90 Å². The zero-order chi connectivity index (χ0) is 12.8. The summed E-state index contributed by atoms with van der Waals surface area (Å²) in [5.41, 5.74) is 7.57. The van der Waals surface area contributed by atoms with Crippen molar-refractivity contribution in [2.75, 3.05) is 30.7 Å². The zero-order valence-electron chi connectivity index (χ0n) is 10.4. The monoisotopic (exact) mass is 248 g/mol. The van der Waals surface area contributed by atoms with Crippen molar-refractivity contribution in [3.05, 3.63) is 24.3 Å². The summed E-state index contributed by atoms with van der Waals surface area (Å²) in [5.74, 6) is 0. The van der Waals surface area contributed by atoms with Crippen molar-refractivity contribution in [1.82, 2.24) is 4.90 Å². The van der Waals surface area contributed by atoms with Crippen molar-refractivity contribution < 1.29 is 5.21 Å². The molecule has 0 aromatic heterocycles. The Balaban J connectivity index is 1.78. The van der Waals surface area contributed by atoms with Gasteiger partial charge in [0.15, 0.2) is 0 Å². The minimum atomic E-state index is 0.510. The Bertz CT molecular complexity index is 382. The van der Waals surface area contributed by atoms with Crippen molar-refractivity contribution in [2.24, 2.45) is 5.16 Å². The SMILES string of the molecule is Nc1ccc(NC2CCN(CC=NO)CC2)cc1. The number of benzene rings is 1. The molecule has 0 aliphatic carbocycles. The highest BCUT2D eigenvalue weighted by Gasteiger charge is 2.18. The summed E-state index contributed by atoms with van der Waals surface area (Å²) < 4.78 is 0. The predicted molar refractivity (Wildman–Crippen MR) is 74.2 cm³/mol. The molecule has 1 aromatic rings. The first-order chi connectivity index (χ1) is 8.78. The molecule has 5 nitrogen and oxygen atoms in total. The topological polar surface area (TPSA) is 73.9 Å². The second kappa shape index (κ2) is 6.26.